The van der Waals surface area contributed by atoms with E-state index in [0.717, 1.165) is 48.6 Å². The van der Waals surface area contributed by atoms with Crippen molar-refractivity contribution < 1.29 is 18.3 Å². The molecule has 2 aliphatic rings. The van der Waals surface area contributed by atoms with Crippen LogP contribution in [0, 0.1) is 18.7 Å². The molecule has 3 heterocycles. The molecule has 0 bridgehead atoms. The number of hydrogen-bond acceptors (Lipinski definition) is 4. The van der Waals surface area contributed by atoms with Gasteiger partial charge in [-0.25, -0.2) is 4.39 Å². The third-order valence-electron chi connectivity index (χ3n) is 6.08. The van der Waals surface area contributed by atoms with E-state index >= 15 is 0 Å². The molecule has 1 amide bonds. The lowest BCUT2D eigenvalue weighted by Gasteiger charge is -2.36. The number of guanidine groups is 1. The van der Waals surface area contributed by atoms with Crippen LogP contribution in [-0.4, -0.2) is 68.1 Å². The van der Waals surface area contributed by atoms with Crippen LogP contribution in [0.25, 0.3) is 11.0 Å². The normalized spacial score (nSPS) is 18.2. The fraction of sp³-hybridized carbons (Fsp3) is 0.545. The van der Waals surface area contributed by atoms with Gasteiger partial charge in [0, 0.05) is 50.1 Å². The number of piperidine rings is 1. The zero-order valence-electron chi connectivity index (χ0n) is 18.0. The number of amides is 1. The highest BCUT2D eigenvalue weighted by Gasteiger charge is 2.30. The number of benzene rings is 1. The van der Waals surface area contributed by atoms with Gasteiger partial charge in [0.2, 0.25) is 5.91 Å². The third-order valence-corrected chi connectivity index (χ3v) is 6.08. The van der Waals surface area contributed by atoms with Gasteiger partial charge in [0.15, 0.2) is 5.96 Å². The van der Waals surface area contributed by atoms with Crippen molar-refractivity contribution in [2.75, 3.05) is 46.4 Å². The van der Waals surface area contributed by atoms with Crippen molar-refractivity contribution in [2.24, 2.45) is 10.9 Å². The number of aliphatic imine (C=N–C) groups is 1. The molecule has 0 aliphatic carbocycles. The summed E-state index contributed by atoms with van der Waals surface area (Å²) in [7, 11) is 1.76. The Labute approximate surface area is 199 Å². The number of morpholine rings is 1. The van der Waals surface area contributed by atoms with Crippen LogP contribution in [0.15, 0.2) is 27.6 Å². The molecule has 170 valence electrons. The second-order valence-electron chi connectivity index (χ2n) is 7.89. The minimum Gasteiger partial charge on any atom is -0.459 e. The van der Waals surface area contributed by atoms with Gasteiger partial charge in [-0.2, -0.15) is 0 Å². The number of carbonyl (C=O) groups is 1. The lowest BCUT2D eigenvalue weighted by molar-refractivity contribution is -0.140. The monoisotopic (exact) mass is 544 g/mol. The van der Waals surface area contributed by atoms with Crippen molar-refractivity contribution in [3.63, 3.8) is 0 Å². The van der Waals surface area contributed by atoms with Crippen LogP contribution in [0.3, 0.4) is 0 Å². The zero-order valence-corrected chi connectivity index (χ0v) is 20.4. The second kappa shape index (κ2) is 10.6. The predicted octanol–water partition coefficient (Wildman–Crippen LogP) is 3.14. The maximum atomic E-state index is 13.5. The molecule has 1 N–H and O–H groups in total. The summed E-state index contributed by atoms with van der Waals surface area (Å²) in [6.07, 6.45) is 1.64. The van der Waals surface area contributed by atoms with Gasteiger partial charge in [-0.3, -0.25) is 9.79 Å². The summed E-state index contributed by atoms with van der Waals surface area (Å²) in [5.41, 5.74) is 1.62. The minimum absolute atomic E-state index is 0. The van der Waals surface area contributed by atoms with Gasteiger partial charge in [0.25, 0.3) is 0 Å². The van der Waals surface area contributed by atoms with E-state index in [1.54, 1.807) is 13.1 Å². The fourth-order valence-electron chi connectivity index (χ4n) is 4.28. The number of halogens is 2. The Balaban J connectivity index is 0.00000272. The van der Waals surface area contributed by atoms with Gasteiger partial charge in [-0.05, 0) is 38.0 Å². The summed E-state index contributed by atoms with van der Waals surface area (Å²) in [4.78, 5) is 21.2. The molecule has 0 unspecified atom stereocenters. The first kappa shape index (κ1) is 23.8. The number of nitrogens with zero attached hydrogens (tertiary/aromatic N) is 3. The number of rotatable bonds is 3. The SMILES string of the molecule is CN=C(NCc1oc2ccc(F)cc2c1C)N1CCC(C(=O)N2CCOCC2)CC1.I. The molecule has 2 aromatic rings. The molecule has 9 heteroatoms. The number of furan rings is 1. The van der Waals surface area contributed by atoms with Crippen molar-refractivity contribution in [1.29, 1.82) is 0 Å². The van der Waals surface area contributed by atoms with Crippen LogP contribution in [0.2, 0.25) is 0 Å². The Kier molecular flexibility index (Phi) is 8.15. The van der Waals surface area contributed by atoms with Gasteiger partial charge in [0.05, 0.1) is 19.8 Å². The number of carbonyl (C=O) groups excluding carboxylic acids is 1. The number of hydrogen-bond donors (Lipinski definition) is 1. The molecule has 2 aliphatic heterocycles. The highest BCUT2D eigenvalue weighted by atomic mass is 127. The topological polar surface area (TPSA) is 70.3 Å². The molecule has 0 spiro atoms. The van der Waals surface area contributed by atoms with E-state index < -0.39 is 0 Å². The van der Waals surface area contributed by atoms with Crippen molar-refractivity contribution in [3.8, 4) is 0 Å². The summed E-state index contributed by atoms with van der Waals surface area (Å²) < 4.78 is 24.8. The smallest absolute Gasteiger partial charge is 0.225 e. The van der Waals surface area contributed by atoms with Gasteiger partial charge < -0.3 is 24.3 Å². The van der Waals surface area contributed by atoms with Crippen LogP contribution in [0.4, 0.5) is 4.39 Å². The largest absolute Gasteiger partial charge is 0.459 e. The number of ether oxygens (including phenoxy) is 1. The van der Waals surface area contributed by atoms with Crippen LogP contribution >= 0.6 is 24.0 Å². The average molecular weight is 544 g/mol. The summed E-state index contributed by atoms with van der Waals surface area (Å²) in [5, 5.41) is 4.15. The molecular weight excluding hydrogens is 514 g/mol. The molecule has 0 radical (unpaired) electrons. The molecule has 31 heavy (non-hydrogen) atoms. The summed E-state index contributed by atoms with van der Waals surface area (Å²) in [5.74, 6) is 1.62. The number of fused-ring (bicyclic) bond motifs is 1. The van der Waals surface area contributed by atoms with Crippen LogP contribution < -0.4 is 5.32 Å². The van der Waals surface area contributed by atoms with Crippen molar-refractivity contribution >= 4 is 46.8 Å². The van der Waals surface area contributed by atoms with E-state index in [1.807, 2.05) is 11.8 Å². The first-order chi connectivity index (χ1) is 14.6. The van der Waals surface area contributed by atoms with Crippen molar-refractivity contribution in [1.82, 2.24) is 15.1 Å². The van der Waals surface area contributed by atoms with Crippen molar-refractivity contribution in [2.45, 2.75) is 26.3 Å². The minimum atomic E-state index is -0.267. The third kappa shape index (κ3) is 5.31. The Hall–Kier alpha value is -1.88. The summed E-state index contributed by atoms with van der Waals surface area (Å²) in [6, 6.07) is 4.57. The number of nitrogens with one attached hydrogen (secondary N) is 1. The quantitative estimate of drug-likeness (QED) is 0.366. The highest BCUT2D eigenvalue weighted by Crippen LogP contribution is 2.26. The van der Waals surface area contributed by atoms with Gasteiger partial charge >= 0.3 is 0 Å². The molecule has 7 nitrogen and oxygen atoms in total. The zero-order chi connectivity index (χ0) is 21.1. The maximum absolute atomic E-state index is 13.5. The molecular formula is C22H30FIN4O3. The number of aryl methyl sites for hydroxylation is 1. The van der Waals surface area contributed by atoms with Gasteiger partial charge in [-0.15, -0.1) is 24.0 Å². The van der Waals surface area contributed by atoms with Gasteiger partial charge in [0.1, 0.15) is 17.2 Å². The van der Waals surface area contributed by atoms with Crippen LogP contribution in [0.5, 0.6) is 0 Å². The van der Waals surface area contributed by atoms with Crippen LogP contribution in [0.1, 0.15) is 24.2 Å². The van der Waals surface area contributed by atoms with E-state index in [9.17, 15) is 9.18 Å². The highest BCUT2D eigenvalue weighted by molar-refractivity contribution is 14.0. The Morgan fingerprint density at radius 2 is 1.90 bits per heavy atom. The fourth-order valence-corrected chi connectivity index (χ4v) is 4.28. The predicted molar refractivity (Wildman–Crippen MR) is 128 cm³/mol. The Morgan fingerprint density at radius 1 is 1.19 bits per heavy atom. The Bertz CT molecular complexity index is 934. The summed E-state index contributed by atoms with van der Waals surface area (Å²) >= 11 is 0. The maximum Gasteiger partial charge on any atom is 0.225 e. The van der Waals surface area contributed by atoms with E-state index in [1.165, 1.54) is 12.1 Å². The van der Waals surface area contributed by atoms with E-state index in [2.05, 4.69) is 15.2 Å². The molecule has 2 fully saturated rings. The van der Waals surface area contributed by atoms with E-state index in [-0.39, 0.29) is 41.6 Å². The van der Waals surface area contributed by atoms with Crippen molar-refractivity contribution in [3.05, 3.63) is 35.3 Å². The molecule has 2 saturated heterocycles. The number of likely N-dealkylation sites (tertiary alicyclic amines) is 1. The van der Waals surface area contributed by atoms with E-state index in [0.29, 0.717) is 38.4 Å². The molecule has 0 saturated carbocycles. The average Bonchev–Trinajstić information content (AvgIpc) is 3.10. The lowest BCUT2D eigenvalue weighted by atomic mass is 9.95. The van der Waals surface area contributed by atoms with Gasteiger partial charge in [-0.1, -0.05) is 0 Å². The molecule has 0 atom stereocenters. The Morgan fingerprint density at radius 3 is 2.58 bits per heavy atom. The molecule has 4 rings (SSSR count). The first-order valence-corrected chi connectivity index (χ1v) is 10.6. The first-order valence-electron chi connectivity index (χ1n) is 10.6. The summed E-state index contributed by atoms with van der Waals surface area (Å²) in [6.45, 7) is 6.64. The molecule has 1 aromatic heterocycles. The standard InChI is InChI=1S/C22H29FN4O3.HI/c1-15-18-13-17(23)3-4-19(18)30-20(15)14-25-22(24-2)27-7-5-16(6-8-27)21(28)26-9-11-29-12-10-26;/h3-4,13,16H,5-12,14H2,1-2H3,(H,24,25);1H. The molecule has 1 aromatic carbocycles. The van der Waals surface area contributed by atoms with Crippen LogP contribution in [-0.2, 0) is 16.1 Å². The lowest BCUT2D eigenvalue weighted by Crippen LogP contribution is -2.49. The second-order valence-corrected chi connectivity index (χ2v) is 7.89. The van der Waals surface area contributed by atoms with E-state index in [4.69, 9.17) is 9.15 Å².